The second kappa shape index (κ2) is 10.2. The summed E-state index contributed by atoms with van der Waals surface area (Å²) >= 11 is 1.17. The number of pyridine rings is 1. The molecule has 0 saturated carbocycles. The van der Waals surface area contributed by atoms with E-state index in [1.807, 2.05) is 24.0 Å². The monoisotopic (exact) mass is 535 g/mol. The molecular formula is C26H26FN7O3S. The Balaban J connectivity index is 1.56. The van der Waals surface area contributed by atoms with Crippen LogP contribution in [0.25, 0.3) is 27.3 Å². The van der Waals surface area contributed by atoms with Gasteiger partial charge in [0.1, 0.15) is 40.6 Å². The Morgan fingerprint density at radius 1 is 1.32 bits per heavy atom. The van der Waals surface area contributed by atoms with Crippen LogP contribution in [-0.4, -0.2) is 61.9 Å². The van der Waals surface area contributed by atoms with Crippen LogP contribution in [0.3, 0.4) is 0 Å². The van der Waals surface area contributed by atoms with Gasteiger partial charge in [0.15, 0.2) is 0 Å². The number of carbonyl (C=O) groups excluding carboxylic acids is 1. The van der Waals surface area contributed by atoms with E-state index in [0.717, 1.165) is 24.7 Å². The zero-order valence-electron chi connectivity index (χ0n) is 20.8. The highest BCUT2D eigenvalue weighted by Gasteiger charge is 2.26. The number of aromatic hydroxyl groups is 1. The number of hydrogen-bond acceptors (Lipinski definition) is 7. The first-order chi connectivity index (χ1) is 18.3. The second-order valence-corrected chi connectivity index (χ2v) is 9.95. The van der Waals surface area contributed by atoms with Gasteiger partial charge in [-0.1, -0.05) is 6.07 Å². The van der Waals surface area contributed by atoms with E-state index >= 15 is 0 Å². The van der Waals surface area contributed by atoms with Crippen molar-refractivity contribution in [2.75, 3.05) is 13.1 Å². The molecule has 12 heteroatoms. The molecule has 1 aromatic carbocycles. The number of aryl methyl sites for hydroxylation is 1. The van der Waals surface area contributed by atoms with Crippen LogP contribution < -0.4 is 10.5 Å². The van der Waals surface area contributed by atoms with Gasteiger partial charge < -0.3 is 20.5 Å². The molecule has 0 atom stereocenters. The molecule has 1 saturated heterocycles. The number of aliphatic imine (C=N–C) groups is 1. The van der Waals surface area contributed by atoms with E-state index in [1.54, 1.807) is 17.6 Å². The molecule has 10 nitrogen and oxygen atoms in total. The first-order valence-corrected chi connectivity index (χ1v) is 12.8. The number of nitrogens with zero attached hydrogens (tertiary/aromatic N) is 5. The van der Waals surface area contributed by atoms with E-state index in [-0.39, 0.29) is 34.9 Å². The van der Waals surface area contributed by atoms with Crippen molar-refractivity contribution >= 4 is 34.9 Å². The lowest BCUT2D eigenvalue weighted by Crippen LogP contribution is -2.40. The second-order valence-electron chi connectivity index (χ2n) is 8.95. The molecular weight excluding hydrogens is 509 g/mol. The quantitative estimate of drug-likeness (QED) is 0.252. The standard InChI is InChI=1S/C26H26FN7O3S/c1-14-21(19-12-17(8-11-34(19)32-14)37-16-6-9-33(10-7-16)15(2)35)26-31-23(24(38-26)25(29)30-13-28)22-18(27)4-3-5-20(22)36/h3-5,8,11-13,16,36H,6-7,9-10H2,1-2H3,(H3,28,29,30). The minimum absolute atomic E-state index is 0.0141. The average molecular weight is 536 g/mol. The van der Waals surface area contributed by atoms with Crippen LogP contribution in [0.5, 0.6) is 11.5 Å². The predicted octanol–water partition coefficient (Wildman–Crippen LogP) is 3.98. The number of benzene rings is 1. The highest BCUT2D eigenvalue weighted by Crippen LogP contribution is 2.41. The van der Waals surface area contributed by atoms with Crippen LogP contribution >= 0.6 is 11.3 Å². The zero-order chi connectivity index (χ0) is 27.0. The number of nitrogens with one attached hydrogen (secondary N) is 1. The Morgan fingerprint density at radius 2 is 2.08 bits per heavy atom. The average Bonchev–Trinajstić information content (AvgIpc) is 3.44. The SMILES string of the molecule is CC(=O)N1CCC(Oc2ccn3nc(C)c(-c4nc(-c5c(O)cccc5F)c(C(N)=NC=N)s4)c3c2)CC1. The lowest BCUT2D eigenvalue weighted by molar-refractivity contribution is -0.130. The fourth-order valence-electron chi connectivity index (χ4n) is 4.61. The molecule has 1 aliphatic rings. The lowest BCUT2D eigenvalue weighted by atomic mass is 10.1. The minimum atomic E-state index is -0.658. The van der Waals surface area contributed by atoms with Crippen molar-refractivity contribution < 1.29 is 19.0 Å². The number of rotatable bonds is 6. The van der Waals surface area contributed by atoms with Crippen molar-refractivity contribution in [1.29, 1.82) is 5.41 Å². The predicted molar refractivity (Wildman–Crippen MR) is 144 cm³/mol. The van der Waals surface area contributed by atoms with Gasteiger partial charge in [-0.3, -0.25) is 10.2 Å². The molecule has 4 aromatic rings. The number of amides is 1. The number of phenols is 1. The highest BCUT2D eigenvalue weighted by molar-refractivity contribution is 7.17. The summed E-state index contributed by atoms with van der Waals surface area (Å²) in [5, 5.41) is 22.8. The fraction of sp³-hybridized carbons (Fsp3) is 0.269. The van der Waals surface area contributed by atoms with Gasteiger partial charge in [-0.15, -0.1) is 11.3 Å². The van der Waals surface area contributed by atoms with Gasteiger partial charge in [0.05, 0.1) is 32.9 Å². The number of phenolic OH excluding ortho intramolecular Hbond substituents is 1. The number of halogens is 1. The van der Waals surface area contributed by atoms with Crippen LogP contribution in [0.2, 0.25) is 0 Å². The molecule has 3 aromatic heterocycles. The van der Waals surface area contributed by atoms with Gasteiger partial charge in [0.25, 0.3) is 0 Å². The maximum atomic E-state index is 14.8. The molecule has 0 radical (unpaired) electrons. The molecule has 0 spiro atoms. The Bertz CT molecular complexity index is 1550. The number of piperidine rings is 1. The number of likely N-dealkylation sites (tertiary alicyclic amines) is 1. The largest absolute Gasteiger partial charge is 0.507 e. The number of thiazole rings is 1. The smallest absolute Gasteiger partial charge is 0.219 e. The van der Waals surface area contributed by atoms with Crippen molar-refractivity contribution in [3.05, 3.63) is 52.9 Å². The molecule has 1 fully saturated rings. The normalized spacial score (nSPS) is 14.7. The third kappa shape index (κ3) is 4.70. The van der Waals surface area contributed by atoms with E-state index in [9.17, 15) is 14.3 Å². The van der Waals surface area contributed by atoms with Crippen LogP contribution in [0.1, 0.15) is 30.3 Å². The molecule has 4 N–H and O–H groups in total. The molecule has 196 valence electrons. The molecule has 38 heavy (non-hydrogen) atoms. The third-order valence-corrected chi connectivity index (χ3v) is 7.57. The third-order valence-electron chi connectivity index (χ3n) is 6.48. The van der Waals surface area contributed by atoms with Gasteiger partial charge in [-0.25, -0.2) is 18.9 Å². The summed E-state index contributed by atoms with van der Waals surface area (Å²) in [7, 11) is 0. The zero-order valence-corrected chi connectivity index (χ0v) is 21.6. The van der Waals surface area contributed by atoms with E-state index in [4.69, 9.17) is 15.9 Å². The number of nitrogens with two attached hydrogens (primary N) is 1. The number of ether oxygens (including phenoxy) is 1. The molecule has 1 aliphatic heterocycles. The Kier molecular flexibility index (Phi) is 6.81. The van der Waals surface area contributed by atoms with Crippen LogP contribution in [0, 0.1) is 18.2 Å². The Hall–Kier alpha value is -4.32. The van der Waals surface area contributed by atoms with E-state index < -0.39 is 5.82 Å². The molecule has 0 unspecified atom stereocenters. The van der Waals surface area contributed by atoms with Crippen molar-refractivity contribution in [3.63, 3.8) is 0 Å². The number of fused-ring (bicyclic) bond motifs is 1. The molecule has 0 bridgehead atoms. The minimum Gasteiger partial charge on any atom is -0.507 e. The van der Waals surface area contributed by atoms with E-state index in [1.165, 1.54) is 29.5 Å². The van der Waals surface area contributed by atoms with E-state index in [2.05, 4.69) is 15.1 Å². The summed E-state index contributed by atoms with van der Waals surface area (Å²) in [5.74, 6) is -0.228. The van der Waals surface area contributed by atoms with Crippen molar-refractivity contribution in [2.24, 2.45) is 10.7 Å². The van der Waals surface area contributed by atoms with Gasteiger partial charge in [-0.05, 0) is 25.1 Å². The summed E-state index contributed by atoms with van der Waals surface area (Å²) < 4.78 is 22.8. The van der Waals surface area contributed by atoms with Crippen molar-refractivity contribution in [1.82, 2.24) is 19.5 Å². The van der Waals surface area contributed by atoms with Gasteiger partial charge >= 0.3 is 0 Å². The summed E-state index contributed by atoms with van der Waals surface area (Å²) in [6, 6.07) is 7.72. The Morgan fingerprint density at radius 3 is 2.76 bits per heavy atom. The van der Waals surface area contributed by atoms with Crippen LogP contribution in [0.4, 0.5) is 4.39 Å². The Labute approximate surface area is 221 Å². The first-order valence-electron chi connectivity index (χ1n) is 12.0. The van der Waals surface area contributed by atoms with Crippen LogP contribution in [-0.2, 0) is 4.79 Å². The summed E-state index contributed by atoms with van der Waals surface area (Å²) in [4.78, 5) is 22.3. The van der Waals surface area contributed by atoms with E-state index in [0.29, 0.717) is 40.0 Å². The summed E-state index contributed by atoms with van der Waals surface area (Å²) in [5.41, 5.74) is 8.28. The summed E-state index contributed by atoms with van der Waals surface area (Å²) in [6.07, 6.45) is 4.07. The fourth-order valence-corrected chi connectivity index (χ4v) is 5.69. The number of hydrogen-bond donors (Lipinski definition) is 3. The topological polar surface area (TPSA) is 142 Å². The molecule has 4 heterocycles. The highest BCUT2D eigenvalue weighted by atomic mass is 32.1. The maximum Gasteiger partial charge on any atom is 0.219 e. The van der Waals surface area contributed by atoms with Crippen molar-refractivity contribution in [2.45, 2.75) is 32.8 Å². The number of amidine groups is 1. The van der Waals surface area contributed by atoms with Crippen LogP contribution in [0.15, 0.2) is 41.5 Å². The summed E-state index contributed by atoms with van der Waals surface area (Å²) in [6.45, 7) is 4.74. The number of carbonyl (C=O) groups is 1. The molecule has 5 rings (SSSR count). The molecule has 0 aliphatic carbocycles. The van der Waals surface area contributed by atoms with Gasteiger partial charge in [0, 0.05) is 45.1 Å². The number of aromatic nitrogens is 3. The van der Waals surface area contributed by atoms with Gasteiger partial charge in [-0.2, -0.15) is 5.10 Å². The first kappa shape index (κ1) is 25.3. The van der Waals surface area contributed by atoms with Gasteiger partial charge in [0.2, 0.25) is 5.91 Å². The lowest BCUT2D eigenvalue weighted by Gasteiger charge is -2.31. The van der Waals surface area contributed by atoms with Crippen molar-refractivity contribution in [3.8, 4) is 33.3 Å². The maximum absolute atomic E-state index is 14.8. The molecule has 1 amide bonds.